The Bertz CT molecular complexity index is 1150. The van der Waals surface area contributed by atoms with Crippen LogP contribution in [0.5, 0.6) is 0 Å². The van der Waals surface area contributed by atoms with E-state index in [0.717, 1.165) is 6.42 Å². The van der Waals surface area contributed by atoms with E-state index in [1.54, 1.807) is 0 Å². The molecule has 0 spiro atoms. The second kappa shape index (κ2) is 6.49. The third kappa shape index (κ3) is 2.68. The van der Waals surface area contributed by atoms with Gasteiger partial charge in [0.1, 0.15) is 0 Å². The lowest BCUT2D eigenvalue weighted by Gasteiger charge is -2.24. The van der Waals surface area contributed by atoms with Gasteiger partial charge in [-0.05, 0) is 50.9 Å². The van der Waals surface area contributed by atoms with Gasteiger partial charge >= 0.3 is 0 Å². The minimum absolute atomic E-state index is 0.0412. The highest BCUT2D eigenvalue weighted by atomic mass is 14.4. The molecule has 0 saturated heterocycles. The fourth-order valence-corrected chi connectivity index (χ4v) is 4.82. The summed E-state index contributed by atoms with van der Waals surface area (Å²) in [5.41, 5.74) is 11.1. The van der Waals surface area contributed by atoms with Crippen LogP contribution in [-0.4, -0.2) is 0 Å². The van der Waals surface area contributed by atoms with Crippen LogP contribution in [0.2, 0.25) is 0 Å². The van der Waals surface area contributed by atoms with Crippen LogP contribution in [0, 0.1) is 0 Å². The molecule has 0 heterocycles. The van der Waals surface area contributed by atoms with Crippen molar-refractivity contribution in [3.8, 4) is 22.3 Å². The van der Waals surface area contributed by atoms with Gasteiger partial charge in [0.25, 0.3) is 0 Å². The summed E-state index contributed by atoms with van der Waals surface area (Å²) < 4.78 is 0. The van der Waals surface area contributed by atoms with E-state index in [2.05, 4.69) is 111 Å². The molecule has 0 atom stereocenters. The quantitative estimate of drug-likeness (QED) is 0.361. The zero-order valence-corrected chi connectivity index (χ0v) is 16.4. The van der Waals surface area contributed by atoms with Gasteiger partial charge in [-0.3, -0.25) is 0 Å². The summed E-state index contributed by atoms with van der Waals surface area (Å²) in [5, 5.41) is 0. The molecule has 4 aromatic carbocycles. The van der Waals surface area contributed by atoms with E-state index in [-0.39, 0.29) is 5.41 Å². The van der Waals surface area contributed by atoms with Crippen LogP contribution in [0.3, 0.4) is 0 Å². The largest absolute Gasteiger partial charge is 0.0622 e. The Morgan fingerprint density at radius 2 is 1.29 bits per heavy atom. The number of hydrogen-bond acceptors (Lipinski definition) is 0. The summed E-state index contributed by atoms with van der Waals surface area (Å²) in [6.45, 7) is 4.73. The first-order valence-electron chi connectivity index (χ1n) is 10.0. The summed E-state index contributed by atoms with van der Waals surface area (Å²) in [6.07, 6.45) is 0.960. The maximum atomic E-state index is 2.36. The van der Waals surface area contributed by atoms with Gasteiger partial charge in [-0.1, -0.05) is 111 Å². The molecule has 0 heteroatoms. The van der Waals surface area contributed by atoms with Crippen molar-refractivity contribution in [1.29, 1.82) is 0 Å². The van der Waals surface area contributed by atoms with Gasteiger partial charge in [0.15, 0.2) is 0 Å². The molecule has 0 bridgehead atoms. The summed E-state index contributed by atoms with van der Waals surface area (Å²) in [7, 11) is 0. The maximum Gasteiger partial charge on any atom is 0.0161 e. The van der Waals surface area contributed by atoms with Crippen LogP contribution in [0.1, 0.15) is 36.1 Å². The molecule has 0 aromatic heterocycles. The number of fused-ring (bicyclic) bond motifs is 3. The fourth-order valence-electron chi connectivity index (χ4n) is 4.82. The average molecular weight is 361 g/mol. The molecule has 0 aliphatic heterocycles. The number of benzene rings is 4. The van der Waals surface area contributed by atoms with Crippen LogP contribution < -0.4 is 0 Å². The van der Waals surface area contributed by atoms with Crippen molar-refractivity contribution in [2.24, 2.45) is 0 Å². The van der Waals surface area contributed by atoms with Crippen LogP contribution in [0.15, 0.2) is 97.1 Å². The molecule has 1 aliphatic rings. The third-order valence-electron chi connectivity index (χ3n) is 6.10. The summed E-state index contributed by atoms with van der Waals surface area (Å²) in [4.78, 5) is 0. The minimum Gasteiger partial charge on any atom is -0.0622 e. The molecular formula is C28H24. The topological polar surface area (TPSA) is 0 Å². The lowest BCUT2D eigenvalue weighted by Crippen LogP contribution is -2.17. The van der Waals surface area contributed by atoms with Crippen molar-refractivity contribution in [1.82, 2.24) is 0 Å². The monoisotopic (exact) mass is 360 g/mol. The Morgan fingerprint density at radius 1 is 0.607 bits per heavy atom. The van der Waals surface area contributed by atoms with Gasteiger partial charge in [0, 0.05) is 5.41 Å². The standard InChI is InChI=1S/C28H24/c1-28(2)26-17-7-6-15-24(26)25-16-9-14-23(27(25)28)19-20-10-8-13-22(18-20)21-11-4-3-5-12-21/h3-18H,19H2,1-2H3. The Balaban J connectivity index is 1.57. The van der Waals surface area contributed by atoms with E-state index in [4.69, 9.17) is 0 Å². The van der Waals surface area contributed by atoms with Crippen molar-refractivity contribution in [2.45, 2.75) is 25.7 Å². The molecule has 5 rings (SSSR count). The average Bonchev–Trinajstić information content (AvgIpc) is 2.97. The Labute approximate surface area is 167 Å². The van der Waals surface area contributed by atoms with E-state index in [1.807, 2.05) is 0 Å². The second-order valence-electron chi connectivity index (χ2n) is 8.25. The van der Waals surface area contributed by atoms with Crippen LogP contribution in [-0.2, 0) is 11.8 Å². The molecule has 0 nitrogen and oxygen atoms in total. The van der Waals surface area contributed by atoms with E-state index < -0.39 is 0 Å². The van der Waals surface area contributed by atoms with Crippen molar-refractivity contribution < 1.29 is 0 Å². The number of rotatable bonds is 3. The van der Waals surface area contributed by atoms with Crippen LogP contribution in [0.4, 0.5) is 0 Å². The maximum absolute atomic E-state index is 2.36. The van der Waals surface area contributed by atoms with E-state index in [1.165, 1.54) is 44.5 Å². The van der Waals surface area contributed by atoms with Gasteiger partial charge in [-0.25, -0.2) is 0 Å². The lowest BCUT2D eigenvalue weighted by atomic mass is 9.79. The SMILES string of the molecule is CC1(C)c2ccccc2-c2cccc(Cc3cccc(-c4ccccc4)c3)c21. The molecule has 0 unspecified atom stereocenters. The summed E-state index contributed by atoms with van der Waals surface area (Å²) >= 11 is 0. The lowest BCUT2D eigenvalue weighted by molar-refractivity contribution is 0.653. The number of hydrogen-bond donors (Lipinski definition) is 0. The van der Waals surface area contributed by atoms with Crippen molar-refractivity contribution >= 4 is 0 Å². The first kappa shape index (κ1) is 17.0. The molecule has 0 fully saturated rings. The highest BCUT2D eigenvalue weighted by Gasteiger charge is 2.36. The molecule has 1 aliphatic carbocycles. The van der Waals surface area contributed by atoms with Gasteiger partial charge in [-0.15, -0.1) is 0 Å². The van der Waals surface area contributed by atoms with Gasteiger partial charge in [0.05, 0.1) is 0 Å². The highest BCUT2D eigenvalue weighted by Crippen LogP contribution is 2.50. The van der Waals surface area contributed by atoms with Crippen LogP contribution in [0.25, 0.3) is 22.3 Å². The van der Waals surface area contributed by atoms with E-state index in [0.29, 0.717) is 0 Å². The van der Waals surface area contributed by atoms with Crippen LogP contribution >= 0.6 is 0 Å². The van der Waals surface area contributed by atoms with Crippen molar-refractivity contribution in [2.75, 3.05) is 0 Å². The molecule has 0 N–H and O–H groups in total. The first-order chi connectivity index (χ1) is 13.6. The fraction of sp³-hybridized carbons (Fsp3) is 0.143. The molecule has 28 heavy (non-hydrogen) atoms. The molecule has 0 radical (unpaired) electrons. The molecule has 4 aromatic rings. The normalized spacial score (nSPS) is 13.8. The minimum atomic E-state index is 0.0412. The van der Waals surface area contributed by atoms with Gasteiger partial charge in [0.2, 0.25) is 0 Å². The van der Waals surface area contributed by atoms with Crippen molar-refractivity contribution in [3.05, 3.63) is 119 Å². The van der Waals surface area contributed by atoms with E-state index >= 15 is 0 Å². The van der Waals surface area contributed by atoms with Gasteiger partial charge in [-0.2, -0.15) is 0 Å². The molecule has 0 saturated carbocycles. The first-order valence-corrected chi connectivity index (χ1v) is 10.0. The third-order valence-corrected chi connectivity index (χ3v) is 6.10. The Morgan fingerprint density at radius 3 is 2.14 bits per heavy atom. The second-order valence-corrected chi connectivity index (χ2v) is 8.25. The van der Waals surface area contributed by atoms with Gasteiger partial charge < -0.3 is 0 Å². The zero-order chi connectivity index (χ0) is 19.1. The molecular weight excluding hydrogens is 336 g/mol. The molecule has 0 amide bonds. The van der Waals surface area contributed by atoms with Crippen molar-refractivity contribution in [3.63, 3.8) is 0 Å². The summed E-state index contributed by atoms with van der Waals surface area (Å²) in [6, 6.07) is 35.3. The highest BCUT2D eigenvalue weighted by molar-refractivity contribution is 5.82. The smallest absolute Gasteiger partial charge is 0.0161 e. The predicted molar refractivity (Wildman–Crippen MR) is 119 cm³/mol. The predicted octanol–water partition coefficient (Wildman–Crippen LogP) is 7.25. The zero-order valence-electron chi connectivity index (χ0n) is 16.4. The molecule has 136 valence electrons. The Kier molecular flexibility index (Phi) is 3.94. The summed E-state index contributed by atoms with van der Waals surface area (Å²) in [5.74, 6) is 0. The Hall–Kier alpha value is -3.12. The van der Waals surface area contributed by atoms with E-state index in [9.17, 15) is 0 Å².